The Hall–Kier alpha value is -4.71. The van der Waals surface area contributed by atoms with Gasteiger partial charge in [0.2, 0.25) is 11.8 Å². The molecule has 3 heterocycles. The molecule has 1 amide bonds. The average molecular weight is 743 g/mol. The van der Waals surface area contributed by atoms with Gasteiger partial charge in [0, 0.05) is 28.0 Å². The second-order valence-corrected chi connectivity index (χ2v) is 17.2. The number of thioether (sulfide) groups is 2. The second kappa shape index (κ2) is 14.4. The summed E-state index contributed by atoms with van der Waals surface area (Å²) in [5.74, 6) is 1.14. The van der Waals surface area contributed by atoms with E-state index in [9.17, 15) is 9.59 Å². The predicted molar refractivity (Wildman–Crippen MR) is 214 cm³/mol. The molecular formula is C41H38N6O2S3. The molecule has 0 saturated carbocycles. The van der Waals surface area contributed by atoms with Crippen molar-refractivity contribution in [1.82, 2.24) is 24.3 Å². The minimum Gasteiger partial charge on any atom is -0.325 e. The molecule has 0 bridgehead atoms. The van der Waals surface area contributed by atoms with E-state index in [1.807, 2.05) is 63.7 Å². The highest BCUT2D eigenvalue weighted by Gasteiger charge is 2.24. The number of thiazole rings is 1. The summed E-state index contributed by atoms with van der Waals surface area (Å²) in [6.45, 7) is 6.59. The molecule has 0 aliphatic heterocycles. The number of benzene rings is 4. The third-order valence-electron chi connectivity index (χ3n) is 9.39. The van der Waals surface area contributed by atoms with Gasteiger partial charge in [-0.25, -0.2) is 4.98 Å². The lowest BCUT2D eigenvalue weighted by Gasteiger charge is -2.19. The van der Waals surface area contributed by atoms with Crippen molar-refractivity contribution in [1.29, 1.82) is 0 Å². The molecule has 0 saturated heterocycles. The number of amides is 1. The van der Waals surface area contributed by atoms with Crippen molar-refractivity contribution in [2.45, 2.75) is 61.4 Å². The van der Waals surface area contributed by atoms with E-state index in [1.165, 1.54) is 63.5 Å². The molecule has 1 aliphatic rings. The van der Waals surface area contributed by atoms with Crippen LogP contribution in [0.4, 0.5) is 5.69 Å². The highest BCUT2D eigenvalue weighted by molar-refractivity contribution is 8.01. The monoisotopic (exact) mass is 742 g/mol. The molecule has 0 fully saturated rings. The van der Waals surface area contributed by atoms with Crippen molar-refractivity contribution in [3.63, 3.8) is 0 Å². The Morgan fingerprint density at radius 3 is 2.42 bits per heavy atom. The van der Waals surface area contributed by atoms with Crippen molar-refractivity contribution in [2.75, 3.05) is 16.8 Å². The first kappa shape index (κ1) is 34.4. The lowest BCUT2D eigenvalue weighted by molar-refractivity contribution is -0.113. The molecule has 8 rings (SSSR count). The Balaban J connectivity index is 0.940. The maximum atomic E-state index is 13.6. The second-order valence-electron chi connectivity index (χ2n) is 14.0. The van der Waals surface area contributed by atoms with E-state index < -0.39 is 0 Å². The fraction of sp³-hybridized carbons (Fsp3) is 0.244. The lowest BCUT2D eigenvalue weighted by atomic mass is 9.87. The minimum atomic E-state index is -0.143. The van der Waals surface area contributed by atoms with Gasteiger partial charge in [0.05, 0.1) is 27.2 Å². The summed E-state index contributed by atoms with van der Waals surface area (Å²) in [4.78, 5) is 31.6. The van der Waals surface area contributed by atoms with Crippen LogP contribution in [0.3, 0.4) is 0 Å². The van der Waals surface area contributed by atoms with Gasteiger partial charge in [0.25, 0.3) is 0 Å². The molecule has 0 atom stereocenters. The average Bonchev–Trinajstić information content (AvgIpc) is 3.86. The van der Waals surface area contributed by atoms with Crippen LogP contribution in [0.1, 0.15) is 55.2 Å². The van der Waals surface area contributed by atoms with E-state index >= 15 is 0 Å². The van der Waals surface area contributed by atoms with Gasteiger partial charge in [-0.15, -0.1) is 21.5 Å². The van der Waals surface area contributed by atoms with Gasteiger partial charge in [-0.1, -0.05) is 105 Å². The molecule has 262 valence electrons. The van der Waals surface area contributed by atoms with E-state index in [4.69, 9.17) is 4.98 Å². The summed E-state index contributed by atoms with van der Waals surface area (Å²) in [6.07, 6.45) is 4.25. The first-order valence-corrected chi connectivity index (χ1v) is 20.2. The molecule has 0 spiro atoms. The Labute approximate surface area is 315 Å². The Kier molecular flexibility index (Phi) is 9.50. The maximum absolute atomic E-state index is 13.6. The highest BCUT2D eigenvalue weighted by atomic mass is 32.2. The van der Waals surface area contributed by atoms with Crippen LogP contribution in [0.15, 0.2) is 107 Å². The Morgan fingerprint density at radius 2 is 1.62 bits per heavy atom. The van der Waals surface area contributed by atoms with Gasteiger partial charge in [-0.2, -0.15) is 0 Å². The minimum absolute atomic E-state index is 0.0466. The van der Waals surface area contributed by atoms with Gasteiger partial charge in [0.15, 0.2) is 15.3 Å². The standard InChI is InChI=1S/C41H38N6O2S3/c1-41(2,3)27-19-17-26(18-20-27)38-44-45-39(46(38)29-11-5-4-6-12-29)50-24-36(48)42-28-21-22-32-35(23-28)52-40(43-32)51-25-37(49)47-33-15-9-7-13-30(33)31-14-8-10-16-34(31)47/h4-7,9,11-13,15,17-23H,8,10,14,16,24-25H2,1-3H3,(H,42,48). The molecule has 11 heteroatoms. The number of anilines is 1. The fourth-order valence-electron chi connectivity index (χ4n) is 6.82. The third-order valence-corrected chi connectivity index (χ3v) is 12.5. The smallest absolute Gasteiger partial charge is 0.241 e. The number of carbonyl (C=O) groups excluding carboxylic acids is 2. The summed E-state index contributed by atoms with van der Waals surface area (Å²) >= 11 is 4.35. The van der Waals surface area contributed by atoms with Crippen molar-refractivity contribution < 1.29 is 9.59 Å². The summed E-state index contributed by atoms with van der Waals surface area (Å²) < 4.78 is 5.74. The molecule has 4 aromatic carbocycles. The molecule has 1 aliphatic carbocycles. The van der Waals surface area contributed by atoms with Gasteiger partial charge < -0.3 is 5.32 Å². The van der Waals surface area contributed by atoms with Crippen LogP contribution in [0, 0.1) is 0 Å². The summed E-state index contributed by atoms with van der Waals surface area (Å²) in [6, 6.07) is 32.4. The van der Waals surface area contributed by atoms with Gasteiger partial charge in [-0.3, -0.25) is 18.7 Å². The summed E-state index contributed by atoms with van der Waals surface area (Å²) in [5.41, 5.74) is 8.23. The molecule has 7 aromatic rings. The Bertz CT molecular complexity index is 2420. The fourth-order valence-corrected chi connectivity index (χ4v) is 9.53. The number of hydrogen-bond acceptors (Lipinski definition) is 8. The molecule has 8 nitrogen and oxygen atoms in total. The molecule has 1 N–H and O–H groups in total. The van der Waals surface area contributed by atoms with Crippen LogP contribution in [0.2, 0.25) is 0 Å². The van der Waals surface area contributed by atoms with Crippen LogP contribution in [0.5, 0.6) is 0 Å². The van der Waals surface area contributed by atoms with Gasteiger partial charge >= 0.3 is 0 Å². The third kappa shape index (κ3) is 6.92. The number of nitrogens with one attached hydrogen (secondary N) is 1. The van der Waals surface area contributed by atoms with E-state index in [0.29, 0.717) is 16.6 Å². The van der Waals surface area contributed by atoms with Crippen molar-refractivity contribution >= 4 is 73.5 Å². The molecule has 0 unspecified atom stereocenters. The summed E-state index contributed by atoms with van der Waals surface area (Å²) in [7, 11) is 0. The van der Waals surface area contributed by atoms with E-state index in [1.54, 1.807) is 0 Å². The van der Waals surface area contributed by atoms with E-state index in [2.05, 4.69) is 78.7 Å². The number of hydrogen-bond donors (Lipinski definition) is 1. The number of para-hydroxylation sites is 2. The topological polar surface area (TPSA) is 94.7 Å². The zero-order valence-electron chi connectivity index (χ0n) is 29.3. The van der Waals surface area contributed by atoms with Crippen molar-refractivity contribution in [2.24, 2.45) is 0 Å². The number of aromatic nitrogens is 5. The van der Waals surface area contributed by atoms with Crippen LogP contribution >= 0.6 is 34.9 Å². The zero-order valence-corrected chi connectivity index (χ0v) is 31.7. The van der Waals surface area contributed by atoms with Crippen LogP contribution in [-0.4, -0.2) is 47.6 Å². The van der Waals surface area contributed by atoms with Gasteiger partial charge in [-0.05, 0) is 78.6 Å². The molecule has 52 heavy (non-hydrogen) atoms. The quantitative estimate of drug-likeness (QED) is 0.147. The maximum Gasteiger partial charge on any atom is 0.241 e. The summed E-state index contributed by atoms with van der Waals surface area (Å²) in [5, 5.41) is 13.9. The van der Waals surface area contributed by atoms with E-state index in [-0.39, 0.29) is 23.0 Å². The molecule has 0 radical (unpaired) electrons. The van der Waals surface area contributed by atoms with Crippen molar-refractivity contribution in [3.05, 3.63) is 114 Å². The van der Waals surface area contributed by atoms with Crippen LogP contribution in [0.25, 0.3) is 38.2 Å². The number of aryl methyl sites for hydroxylation is 1. The zero-order chi connectivity index (χ0) is 35.8. The van der Waals surface area contributed by atoms with Crippen LogP contribution < -0.4 is 5.32 Å². The normalized spacial score (nSPS) is 13.1. The Morgan fingerprint density at radius 1 is 0.846 bits per heavy atom. The highest BCUT2D eigenvalue weighted by Crippen LogP contribution is 2.35. The number of carbonyl (C=O) groups is 2. The number of nitrogens with zero attached hydrogens (tertiary/aromatic N) is 5. The predicted octanol–water partition coefficient (Wildman–Crippen LogP) is 9.84. The molecular weight excluding hydrogens is 705 g/mol. The largest absolute Gasteiger partial charge is 0.325 e. The van der Waals surface area contributed by atoms with E-state index in [0.717, 1.165) is 56.4 Å². The number of rotatable bonds is 9. The van der Waals surface area contributed by atoms with Crippen molar-refractivity contribution in [3.8, 4) is 17.1 Å². The first-order valence-electron chi connectivity index (χ1n) is 17.4. The van der Waals surface area contributed by atoms with Crippen LogP contribution in [-0.2, 0) is 23.1 Å². The first-order chi connectivity index (χ1) is 25.2. The van der Waals surface area contributed by atoms with Gasteiger partial charge in [0.1, 0.15) is 0 Å². The molecule has 3 aromatic heterocycles. The SMILES string of the molecule is CC(C)(C)c1ccc(-c2nnc(SCC(=O)Nc3ccc4nc(SCC(=O)n5c6c(c7ccccc75)CCCC6)sc4c3)n2-c2ccccc2)cc1. The number of fused-ring (bicyclic) bond motifs is 4. The lowest BCUT2D eigenvalue weighted by Crippen LogP contribution is -2.18.